The Hall–Kier alpha value is -0.215. The second kappa shape index (κ2) is 29.0. The third-order valence-electron chi connectivity index (χ3n) is 30.0. The van der Waals surface area contributed by atoms with E-state index in [1.165, 1.54) is 6.92 Å². The molecule has 9 nitrogen and oxygen atoms in total. The molecule has 0 bridgehead atoms. The zero-order chi connectivity index (χ0) is 65.7. The fourth-order valence-corrected chi connectivity index (χ4v) is 26.2. The fraction of sp³-hybridized carbons (Fsp3) is 0.986. The molecule has 525 valence electrons. The summed E-state index contributed by atoms with van der Waals surface area (Å²) in [6, 6.07) is 0. The van der Waals surface area contributed by atoms with Crippen molar-refractivity contribution in [3.05, 3.63) is 0 Å². The number of Topliss-reactive ketones (excluding diaryl/α,β-unsaturated/α-hetero) is 1. The third-order valence-corrected chi connectivity index (χ3v) is 30.0. The first-order valence-electron chi connectivity index (χ1n) is 35.7. The molecule has 0 amide bonds. The summed E-state index contributed by atoms with van der Waals surface area (Å²) in [7, 11) is 4.94. The van der Waals surface area contributed by atoms with E-state index in [9.17, 15) is 69.8 Å². The van der Waals surface area contributed by atoms with Crippen LogP contribution >= 0.6 is 0 Å². The van der Waals surface area contributed by atoms with Crippen LogP contribution in [-0.2, 0) is 19.0 Å². The van der Waals surface area contributed by atoms with Crippen LogP contribution in [0.5, 0.6) is 0 Å². The van der Waals surface area contributed by atoms with Gasteiger partial charge in [0.15, 0.2) is 12.2 Å². The zero-order valence-corrected chi connectivity index (χ0v) is 59.3. The van der Waals surface area contributed by atoms with Crippen molar-refractivity contribution < 1.29 is 115 Å². The Morgan fingerprint density at radius 3 is 0.967 bits per heavy atom. The Morgan fingerprint density at radius 2 is 0.696 bits per heavy atom. The molecule has 0 aliphatic heterocycles. The molecule has 0 aromatic carbocycles. The minimum Gasteiger partial charge on any atom is -1.00 e. The molecule has 29 atom stereocenters. The normalized spacial score (nSPS) is 46.9. The van der Waals surface area contributed by atoms with Crippen LogP contribution in [0.25, 0.3) is 0 Å². The van der Waals surface area contributed by atoms with Gasteiger partial charge in [0.1, 0.15) is 0 Å². The number of ether oxygens (including phenoxy) is 3. The Morgan fingerprint density at radius 1 is 0.424 bits per heavy atom. The van der Waals surface area contributed by atoms with E-state index >= 15 is 0 Å². The summed E-state index contributed by atoms with van der Waals surface area (Å²) in [6.45, 7) is 12.6. The SMILES string of the molecule is COC[C@]1(O)CC[C@H]2[C@H](CC[C@@H]3[C@@H]2CC[C@]2(C)[C@@H]([C@H](C)C(=O)C(F)(F)F)CC[C@@H]32)C1.COC[C@]1(O)CC[C@H]2[C@H](CC[C@@H]3[C@@H]2CC[C@]2(C)[C@@H]([C@H](C)[C@@H](O)C(F)(F)F)CC[C@@H]32)C1.COC[C@]1(O)CC[C@H]2[C@H](CC[C@@H]3[C@@H]2CC[C@]2(C)[C@@H]([C@H](C)[C@H](O)C(F)(F)F)CC[C@@H]32)C1.[B].[H-].[Na+]. The van der Waals surface area contributed by atoms with Gasteiger partial charge in [-0.15, -0.1) is 0 Å². The maximum absolute atomic E-state index is 13.2. The topological polar surface area (TPSA) is 146 Å². The predicted molar refractivity (Wildman–Crippen MR) is 332 cm³/mol. The van der Waals surface area contributed by atoms with E-state index in [1.807, 2.05) is 0 Å². The van der Waals surface area contributed by atoms with Crippen molar-refractivity contribution in [1.82, 2.24) is 0 Å². The molecule has 12 saturated carbocycles. The summed E-state index contributed by atoms with van der Waals surface area (Å²) in [5, 5.41) is 52.5. The molecule has 3 radical (unpaired) electrons. The molecule has 20 heteroatoms. The average molecular weight is 1330 g/mol. The van der Waals surface area contributed by atoms with E-state index < -0.39 is 71.1 Å². The van der Waals surface area contributed by atoms with Crippen molar-refractivity contribution in [3.63, 3.8) is 0 Å². The van der Waals surface area contributed by atoms with Crippen LogP contribution in [0.1, 0.15) is 216 Å². The number of fused-ring (bicyclic) bond motifs is 15. The average Bonchev–Trinajstić information content (AvgIpc) is 1.69. The Kier molecular flexibility index (Phi) is 24.5. The van der Waals surface area contributed by atoms with E-state index in [1.54, 1.807) is 35.2 Å². The van der Waals surface area contributed by atoms with Crippen molar-refractivity contribution in [1.29, 1.82) is 0 Å². The van der Waals surface area contributed by atoms with Gasteiger partial charge in [0.05, 0.1) is 36.6 Å². The van der Waals surface area contributed by atoms with Gasteiger partial charge in [0, 0.05) is 35.7 Å². The van der Waals surface area contributed by atoms with Gasteiger partial charge in [-0.05, 0) is 308 Å². The second-order valence-corrected chi connectivity index (χ2v) is 34.0. The summed E-state index contributed by atoms with van der Waals surface area (Å²) in [5.41, 5.74) is -2.41. The van der Waals surface area contributed by atoms with Crippen LogP contribution in [0, 0.1) is 141 Å². The Bertz CT molecular complexity index is 2350. The molecular formula is C72H116BF9NaO9. The molecular weight excluding hydrogens is 1210 g/mol. The fourth-order valence-electron chi connectivity index (χ4n) is 26.2. The molecule has 0 spiro atoms. The number of aliphatic hydroxyl groups is 5. The van der Waals surface area contributed by atoms with Crippen molar-refractivity contribution in [3.8, 4) is 0 Å². The van der Waals surface area contributed by atoms with E-state index in [2.05, 4.69) is 20.8 Å². The molecule has 0 heterocycles. The number of alkyl halides is 9. The molecule has 12 aliphatic rings. The molecule has 12 rings (SSSR count). The van der Waals surface area contributed by atoms with Crippen LogP contribution in [0.15, 0.2) is 0 Å². The molecule has 0 aromatic rings. The summed E-state index contributed by atoms with van der Waals surface area (Å²) in [6.07, 6.45) is 7.90. The van der Waals surface area contributed by atoms with Gasteiger partial charge in [-0.1, -0.05) is 41.5 Å². The maximum atomic E-state index is 13.2. The smallest absolute Gasteiger partial charge is 1.00 e. The predicted octanol–water partition coefficient (Wildman–Crippen LogP) is 12.5. The first kappa shape index (κ1) is 77.5. The molecule has 0 aromatic heterocycles. The van der Waals surface area contributed by atoms with Crippen LogP contribution < -0.4 is 29.6 Å². The minimum absolute atomic E-state index is 0. The Balaban J connectivity index is 0.000000194. The number of hydrogen-bond donors (Lipinski definition) is 5. The molecule has 12 fully saturated rings. The van der Waals surface area contributed by atoms with Crippen LogP contribution in [0.3, 0.4) is 0 Å². The number of halogens is 9. The quantitative estimate of drug-likeness (QED) is 0.0952. The number of hydrogen-bond acceptors (Lipinski definition) is 9. The van der Waals surface area contributed by atoms with Gasteiger partial charge in [-0.3, -0.25) is 4.79 Å². The van der Waals surface area contributed by atoms with Crippen molar-refractivity contribution in [2.75, 3.05) is 41.2 Å². The Labute approximate surface area is 570 Å². The third kappa shape index (κ3) is 14.8. The molecule has 5 N–H and O–H groups in total. The van der Waals surface area contributed by atoms with Crippen LogP contribution in [0.2, 0.25) is 0 Å². The van der Waals surface area contributed by atoms with Crippen molar-refractivity contribution in [2.24, 2.45) is 141 Å². The molecule has 0 saturated heterocycles. The van der Waals surface area contributed by atoms with Gasteiger partial charge in [-0.2, -0.15) is 39.5 Å². The van der Waals surface area contributed by atoms with E-state index in [0.29, 0.717) is 109 Å². The minimum atomic E-state index is -4.73. The summed E-state index contributed by atoms with van der Waals surface area (Å²) in [4.78, 5) is 12.0. The number of carbonyl (C=O) groups is 1. The number of aliphatic hydroxyl groups excluding tert-OH is 2. The first-order chi connectivity index (χ1) is 42.0. The number of ketones is 1. The number of rotatable bonds is 12. The van der Waals surface area contributed by atoms with Gasteiger partial charge in [-0.25, -0.2) is 0 Å². The van der Waals surface area contributed by atoms with Gasteiger partial charge >= 0.3 is 48.1 Å². The first-order valence-corrected chi connectivity index (χ1v) is 35.7. The zero-order valence-electron chi connectivity index (χ0n) is 58.3. The van der Waals surface area contributed by atoms with Gasteiger partial charge in [0.2, 0.25) is 5.78 Å². The van der Waals surface area contributed by atoms with E-state index in [0.717, 1.165) is 173 Å². The summed E-state index contributed by atoms with van der Waals surface area (Å²) in [5.74, 6) is 4.37. The largest absolute Gasteiger partial charge is 1.00 e. The van der Waals surface area contributed by atoms with Crippen LogP contribution in [-0.4, -0.2) is 128 Å². The van der Waals surface area contributed by atoms with E-state index in [-0.39, 0.29) is 73.4 Å². The van der Waals surface area contributed by atoms with Crippen molar-refractivity contribution in [2.45, 2.75) is 262 Å². The molecule has 92 heavy (non-hydrogen) atoms. The van der Waals surface area contributed by atoms with Gasteiger partial charge < -0.3 is 41.2 Å². The maximum Gasteiger partial charge on any atom is 1.00 e. The molecule has 0 unspecified atom stereocenters. The molecule has 12 aliphatic carbocycles. The van der Waals surface area contributed by atoms with Crippen LogP contribution in [0.4, 0.5) is 39.5 Å². The monoisotopic (exact) mass is 1330 g/mol. The summed E-state index contributed by atoms with van der Waals surface area (Å²) >= 11 is 0. The summed E-state index contributed by atoms with van der Waals surface area (Å²) < 4.78 is 134. The standard InChI is InChI=1S/2C24H39F3O3.C24H37F3O3.B.Na.H/c3*1-14(21(28)24(25,26)27)19-6-7-20-18-5-4-15-12-23(29,13-30-3)11-9-16(15)17(18)8-10-22(19,20)2;;;/h2*14-21,28-29H,4-13H2,1-3H3;14-20,29H,4-13H2,1-3H3;;;/q;;;;+1;-1/t14-,15+,16-,17+,18+,19+,20-,21+,22+,23-;14-,15+,16-,17+,18+,19+,20-,21-,22+,23-;14-,15+,16-,17+,18+,19+,20-,22+,23-;;;/m000.../s1. The van der Waals surface area contributed by atoms with Crippen molar-refractivity contribution >= 4 is 14.2 Å². The second-order valence-electron chi connectivity index (χ2n) is 34.0. The number of methoxy groups -OCH3 is 3. The van der Waals surface area contributed by atoms with E-state index in [4.69, 9.17) is 14.2 Å². The number of carbonyl (C=O) groups excluding carboxylic acids is 1. The van der Waals surface area contributed by atoms with Gasteiger partial charge in [0.25, 0.3) is 0 Å².